The second-order valence-electron chi connectivity index (χ2n) is 14.9. The summed E-state index contributed by atoms with van der Waals surface area (Å²) in [5, 5.41) is 10.9. The number of amides is 1. The summed E-state index contributed by atoms with van der Waals surface area (Å²) in [6.07, 6.45) is 8.24. The summed E-state index contributed by atoms with van der Waals surface area (Å²) in [5.41, 5.74) is -0.244. The van der Waals surface area contributed by atoms with Crippen LogP contribution in [0.5, 0.6) is 0 Å². The first kappa shape index (κ1) is 43.1. The summed E-state index contributed by atoms with van der Waals surface area (Å²) in [6, 6.07) is 2.65. The van der Waals surface area contributed by atoms with Crippen LogP contribution in [-0.4, -0.2) is 62.9 Å². The van der Waals surface area contributed by atoms with Crippen molar-refractivity contribution in [3.8, 4) is 6.07 Å². The van der Waals surface area contributed by atoms with E-state index in [0.29, 0.717) is 29.5 Å². The smallest absolute Gasteiger partial charge is 0.444 e. The minimum Gasteiger partial charge on any atom is -0.444 e. The van der Waals surface area contributed by atoms with E-state index in [4.69, 9.17) is 22.7 Å². The molecule has 1 fully saturated rings. The van der Waals surface area contributed by atoms with Crippen molar-refractivity contribution in [1.82, 2.24) is 4.90 Å². The molecular formula is C35H69N2O7PSi. The predicted molar refractivity (Wildman–Crippen MR) is 189 cm³/mol. The number of unbranched alkanes of at least 4 members (excludes halogenated alkanes) is 1. The van der Waals surface area contributed by atoms with Gasteiger partial charge in [0.05, 0.1) is 25.9 Å². The molecule has 0 heterocycles. The van der Waals surface area contributed by atoms with Gasteiger partial charge in [0.15, 0.2) is 0 Å². The number of phosphoric ester groups is 1. The third-order valence-corrected chi connectivity index (χ3v) is 17.3. The highest BCUT2D eigenvalue weighted by molar-refractivity contribution is 7.48. The van der Waals surface area contributed by atoms with Crippen LogP contribution in [0.15, 0.2) is 0 Å². The molecule has 0 aromatic heterocycles. The van der Waals surface area contributed by atoms with E-state index in [1.165, 1.54) is 0 Å². The van der Waals surface area contributed by atoms with Crippen molar-refractivity contribution in [2.45, 2.75) is 181 Å². The molecule has 1 rings (SSSR count). The van der Waals surface area contributed by atoms with Gasteiger partial charge < -0.3 is 9.16 Å². The number of phosphoric acid groups is 1. The van der Waals surface area contributed by atoms with Crippen molar-refractivity contribution in [3.05, 3.63) is 0 Å². The van der Waals surface area contributed by atoms with Crippen molar-refractivity contribution < 1.29 is 32.1 Å². The van der Waals surface area contributed by atoms with Gasteiger partial charge in [0.25, 0.3) is 0 Å². The molecule has 0 unspecified atom stereocenters. The van der Waals surface area contributed by atoms with Gasteiger partial charge in [0.1, 0.15) is 11.1 Å². The topological polar surface area (TPSA) is 107 Å². The third kappa shape index (κ3) is 12.2. The number of hydrogen-bond acceptors (Lipinski definition) is 8. The van der Waals surface area contributed by atoms with E-state index in [1.807, 2.05) is 20.8 Å². The quantitative estimate of drug-likeness (QED) is 0.0666. The maximum atomic E-state index is 13.8. The molecule has 0 N–H and O–H groups in total. The van der Waals surface area contributed by atoms with Crippen molar-refractivity contribution in [2.75, 3.05) is 26.4 Å². The van der Waals surface area contributed by atoms with Crippen LogP contribution < -0.4 is 0 Å². The predicted octanol–water partition coefficient (Wildman–Crippen LogP) is 10.8. The van der Waals surface area contributed by atoms with Gasteiger partial charge in [-0.1, -0.05) is 74.1 Å². The van der Waals surface area contributed by atoms with Crippen molar-refractivity contribution in [2.24, 2.45) is 5.92 Å². The standard InChI is InChI=1S/C35H69N2O7PSi/c1-13-16-21-32(44-46(28(4)5,29(6)7)30(8)9)23-22-31-20-17-18-24-35(31,27-36)37(33(38)43-34(10,11)12)25-19-26-42-45(39,40-14-2)41-15-3/h28-32H,13-26H2,1-12H3/t31-,32-,35-/m0/s1. The van der Waals surface area contributed by atoms with Gasteiger partial charge in [-0.15, -0.1) is 0 Å². The molecule has 0 radical (unpaired) electrons. The zero-order valence-corrected chi connectivity index (χ0v) is 33.4. The van der Waals surface area contributed by atoms with Crippen LogP contribution in [0.3, 0.4) is 0 Å². The Bertz CT molecular complexity index is 949. The monoisotopic (exact) mass is 688 g/mol. The highest BCUT2D eigenvalue weighted by Gasteiger charge is 2.50. The molecule has 0 saturated heterocycles. The number of carbonyl (C=O) groups excluding carboxylic acids is 1. The fourth-order valence-corrected chi connectivity index (χ4v) is 14.4. The number of nitriles is 1. The van der Waals surface area contributed by atoms with E-state index in [1.54, 1.807) is 18.7 Å². The molecular weight excluding hydrogens is 619 g/mol. The molecule has 1 amide bonds. The molecule has 0 aromatic carbocycles. The maximum absolute atomic E-state index is 13.8. The normalized spacial score (nSPS) is 20.3. The number of ether oxygens (including phenoxy) is 1. The Morgan fingerprint density at radius 3 is 2.02 bits per heavy atom. The average Bonchev–Trinajstić information content (AvgIpc) is 2.95. The van der Waals surface area contributed by atoms with Crippen molar-refractivity contribution in [1.29, 1.82) is 5.26 Å². The Balaban J connectivity index is 3.37. The van der Waals surface area contributed by atoms with Crippen LogP contribution in [0.1, 0.15) is 147 Å². The van der Waals surface area contributed by atoms with Gasteiger partial charge in [-0.25, -0.2) is 9.36 Å². The minimum atomic E-state index is -3.69. The summed E-state index contributed by atoms with van der Waals surface area (Å²) in [4.78, 5) is 15.5. The van der Waals surface area contributed by atoms with Gasteiger partial charge in [0, 0.05) is 12.6 Å². The molecule has 270 valence electrons. The molecule has 1 aliphatic rings. The second kappa shape index (κ2) is 19.9. The Morgan fingerprint density at radius 1 is 0.957 bits per heavy atom. The first-order chi connectivity index (χ1) is 21.5. The van der Waals surface area contributed by atoms with E-state index in [-0.39, 0.29) is 38.4 Å². The lowest BCUT2D eigenvalue weighted by atomic mass is 9.70. The zero-order valence-electron chi connectivity index (χ0n) is 31.5. The zero-order chi connectivity index (χ0) is 35.2. The van der Waals surface area contributed by atoms with Crippen molar-refractivity contribution in [3.63, 3.8) is 0 Å². The molecule has 0 spiro atoms. The highest BCUT2D eigenvalue weighted by Crippen LogP contribution is 2.49. The number of carbonyl (C=O) groups is 1. The Labute approximate surface area is 283 Å². The summed E-state index contributed by atoms with van der Waals surface area (Å²) in [7, 11) is -5.78. The second-order valence-corrected chi connectivity index (χ2v) is 21.9. The molecule has 0 aromatic rings. The Morgan fingerprint density at radius 2 is 1.54 bits per heavy atom. The lowest BCUT2D eigenvalue weighted by molar-refractivity contribution is -0.0186. The minimum absolute atomic E-state index is 0.0152. The van der Waals surface area contributed by atoms with E-state index in [9.17, 15) is 14.6 Å². The lowest BCUT2D eigenvalue weighted by Gasteiger charge is -2.48. The van der Waals surface area contributed by atoms with Crippen LogP contribution in [0, 0.1) is 17.2 Å². The first-order valence-corrected chi connectivity index (χ1v) is 21.7. The largest absolute Gasteiger partial charge is 0.474 e. The SMILES string of the molecule is CCCC[C@@H](CC[C@@H]1CCCC[C@@]1(C#N)N(CCCOP(=O)(OCC)OCC)C(=O)OC(C)(C)C)O[Si](C(C)C)(C(C)C)C(C)C. The van der Waals surface area contributed by atoms with E-state index in [0.717, 1.165) is 51.4 Å². The summed E-state index contributed by atoms with van der Waals surface area (Å²) in [5.74, 6) is -0.0152. The van der Waals surface area contributed by atoms with Gasteiger partial charge >= 0.3 is 13.9 Å². The molecule has 0 aliphatic heterocycles. The van der Waals surface area contributed by atoms with Gasteiger partial charge in [-0.2, -0.15) is 5.26 Å². The fraction of sp³-hybridized carbons (Fsp3) is 0.943. The van der Waals surface area contributed by atoms with Crippen LogP contribution in [0.2, 0.25) is 16.6 Å². The van der Waals surface area contributed by atoms with Crippen molar-refractivity contribution >= 4 is 22.2 Å². The third-order valence-electron chi connectivity index (χ3n) is 9.47. The van der Waals surface area contributed by atoms with Crippen LogP contribution in [-0.2, 0) is 27.3 Å². The lowest BCUT2D eigenvalue weighted by Crippen LogP contribution is -2.58. The van der Waals surface area contributed by atoms with Gasteiger partial charge in [0.2, 0.25) is 8.32 Å². The number of hydrogen-bond donors (Lipinski definition) is 0. The van der Waals surface area contributed by atoms with Gasteiger partial charge in [-0.3, -0.25) is 18.5 Å². The fourth-order valence-electron chi connectivity index (χ4n) is 7.55. The molecule has 11 heteroatoms. The molecule has 46 heavy (non-hydrogen) atoms. The summed E-state index contributed by atoms with van der Waals surface area (Å²) >= 11 is 0. The van der Waals surface area contributed by atoms with E-state index >= 15 is 0 Å². The Kier molecular flexibility index (Phi) is 18.6. The average molecular weight is 689 g/mol. The molecule has 9 nitrogen and oxygen atoms in total. The summed E-state index contributed by atoms with van der Waals surface area (Å²) in [6.45, 7) is 25.9. The summed E-state index contributed by atoms with van der Waals surface area (Å²) < 4.78 is 42.2. The van der Waals surface area contributed by atoms with Crippen LogP contribution in [0.25, 0.3) is 0 Å². The Hall–Kier alpha value is -0.953. The molecule has 0 bridgehead atoms. The highest BCUT2D eigenvalue weighted by atomic mass is 31.2. The first-order valence-electron chi connectivity index (χ1n) is 18.1. The number of rotatable bonds is 21. The van der Waals surface area contributed by atoms with E-state index < -0.39 is 33.4 Å². The molecule has 3 atom stereocenters. The molecule has 1 saturated carbocycles. The van der Waals surface area contributed by atoms with Crippen LogP contribution in [0.4, 0.5) is 4.79 Å². The van der Waals surface area contributed by atoms with Gasteiger partial charge in [-0.05, 0) is 95.7 Å². The van der Waals surface area contributed by atoms with Crippen LogP contribution >= 0.6 is 7.82 Å². The molecule has 1 aliphatic carbocycles. The maximum Gasteiger partial charge on any atom is 0.474 e. The number of nitrogens with zero attached hydrogens (tertiary/aromatic N) is 2. The van der Waals surface area contributed by atoms with E-state index in [2.05, 4.69) is 54.5 Å².